The molecule has 0 aromatic carbocycles. The molecule has 1 rings (SSSR count). The minimum Gasteiger partial charge on any atom is -0.465 e. The van der Waals surface area contributed by atoms with Gasteiger partial charge < -0.3 is 14.8 Å². The van der Waals surface area contributed by atoms with Crippen LogP contribution in [0.5, 0.6) is 0 Å². The fourth-order valence-electron chi connectivity index (χ4n) is 3.47. The van der Waals surface area contributed by atoms with Crippen molar-refractivity contribution >= 4 is 11.9 Å². The third-order valence-corrected chi connectivity index (χ3v) is 4.51. The van der Waals surface area contributed by atoms with Gasteiger partial charge in [-0.15, -0.1) is 0 Å². The molecule has 6 heteroatoms. The number of esters is 1. The van der Waals surface area contributed by atoms with E-state index < -0.39 is 0 Å². The van der Waals surface area contributed by atoms with Crippen molar-refractivity contribution in [2.45, 2.75) is 46.1 Å². The first kappa shape index (κ1) is 21.6. The molecule has 1 aliphatic rings. The van der Waals surface area contributed by atoms with Crippen molar-refractivity contribution in [1.29, 1.82) is 0 Å². The molecule has 6 nitrogen and oxygen atoms in total. The van der Waals surface area contributed by atoms with E-state index >= 15 is 0 Å². The summed E-state index contributed by atoms with van der Waals surface area (Å²) in [6.07, 6.45) is 7.07. The molecule has 1 fully saturated rings. The van der Waals surface area contributed by atoms with Crippen LogP contribution in [0.3, 0.4) is 0 Å². The van der Waals surface area contributed by atoms with Crippen LogP contribution in [0, 0.1) is 11.8 Å². The third-order valence-electron chi connectivity index (χ3n) is 4.51. The Morgan fingerprint density at radius 3 is 2.72 bits per heavy atom. The number of carbonyl (C=O) groups excluding carboxylic acids is 2. The van der Waals surface area contributed by atoms with E-state index in [0.29, 0.717) is 25.0 Å². The van der Waals surface area contributed by atoms with Gasteiger partial charge in [0.15, 0.2) is 0 Å². The van der Waals surface area contributed by atoms with Gasteiger partial charge in [-0.25, -0.2) is 0 Å². The molecule has 1 heterocycles. The first-order valence-corrected chi connectivity index (χ1v) is 9.34. The van der Waals surface area contributed by atoms with E-state index in [0.717, 1.165) is 32.4 Å². The quantitative estimate of drug-likeness (QED) is 0.454. The number of hydrogen-bond acceptors (Lipinski definition) is 5. The van der Waals surface area contributed by atoms with Crippen LogP contribution in [0.15, 0.2) is 12.2 Å². The number of allylic oxidation sites excluding steroid dienone is 1. The standard InChI is InChI=1S/C19H34N2O4/c1-5-8-15-10-17(19(23)25-7-3)21(12-15)13-16(9-6-2)11-20-18(22)14-24-4/h5,8,15-17H,6-7,9-14H2,1-4H3,(H,20,22)/t15-,16?,17-/m1/s1. The summed E-state index contributed by atoms with van der Waals surface area (Å²) in [5.41, 5.74) is 0. The first-order chi connectivity index (χ1) is 12.0. The molecule has 25 heavy (non-hydrogen) atoms. The molecule has 1 N–H and O–H groups in total. The van der Waals surface area contributed by atoms with Gasteiger partial charge in [-0.1, -0.05) is 25.5 Å². The van der Waals surface area contributed by atoms with E-state index in [4.69, 9.17) is 9.47 Å². The highest BCUT2D eigenvalue weighted by atomic mass is 16.5. The van der Waals surface area contributed by atoms with Gasteiger partial charge in [-0.3, -0.25) is 14.5 Å². The van der Waals surface area contributed by atoms with Crippen LogP contribution in [0.2, 0.25) is 0 Å². The molecule has 0 saturated carbocycles. The molecule has 1 amide bonds. The number of hydrogen-bond donors (Lipinski definition) is 1. The number of nitrogens with one attached hydrogen (secondary N) is 1. The molecule has 3 atom stereocenters. The van der Waals surface area contributed by atoms with Crippen molar-refractivity contribution in [3.05, 3.63) is 12.2 Å². The molecule has 1 unspecified atom stereocenters. The third kappa shape index (κ3) is 7.57. The maximum absolute atomic E-state index is 12.3. The van der Waals surface area contributed by atoms with E-state index in [2.05, 4.69) is 23.2 Å². The molecule has 0 aromatic heterocycles. The largest absolute Gasteiger partial charge is 0.465 e. The minimum absolute atomic E-state index is 0.0807. The topological polar surface area (TPSA) is 67.9 Å². The minimum atomic E-state index is -0.185. The van der Waals surface area contributed by atoms with Crippen molar-refractivity contribution in [3.63, 3.8) is 0 Å². The van der Waals surface area contributed by atoms with Gasteiger partial charge in [0.05, 0.1) is 6.61 Å². The second-order valence-electron chi connectivity index (χ2n) is 6.64. The summed E-state index contributed by atoms with van der Waals surface area (Å²) >= 11 is 0. The number of likely N-dealkylation sites (tertiary alicyclic amines) is 1. The predicted molar refractivity (Wildman–Crippen MR) is 98.2 cm³/mol. The average Bonchev–Trinajstić information content (AvgIpc) is 2.96. The Bertz CT molecular complexity index is 439. The van der Waals surface area contributed by atoms with E-state index in [1.54, 1.807) is 0 Å². The molecule has 0 aromatic rings. The lowest BCUT2D eigenvalue weighted by Crippen LogP contribution is -2.43. The molecule has 0 aliphatic carbocycles. The van der Waals surface area contributed by atoms with Crippen molar-refractivity contribution in [2.75, 3.05) is 40.0 Å². The van der Waals surface area contributed by atoms with Crippen molar-refractivity contribution in [3.8, 4) is 0 Å². The maximum Gasteiger partial charge on any atom is 0.323 e. The molecular weight excluding hydrogens is 320 g/mol. The van der Waals surface area contributed by atoms with Crippen LogP contribution < -0.4 is 5.32 Å². The fraction of sp³-hybridized carbons (Fsp3) is 0.789. The lowest BCUT2D eigenvalue weighted by molar-refractivity contribution is -0.148. The first-order valence-electron chi connectivity index (χ1n) is 9.34. The van der Waals surface area contributed by atoms with Crippen LogP contribution in [0.1, 0.15) is 40.0 Å². The smallest absolute Gasteiger partial charge is 0.323 e. The van der Waals surface area contributed by atoms with E-state index in [1.165, 1.54) is 7.11 Å². The summed E-state index contributed by atoms with van der Waals surface area (Å²) in [6, 6.07) is -0.185. The second kappa shape index (κ2) is 12.0. The summed E-state index contributed by atoms with van der Waals surface area (Å²) in [4.78, 5) is 26.2. The van der Waals surface area contributed by atoms with Crippen molar-refractivity contribution in [1.82, 2.24) is 10.2 Å². The highest BCUT2D eigenvalue weighted by Gasteiger charge is 2.37. The monoisotopic (exact) mass is 354 g/mol. The lowest BCUT2D eigenvalue weighted by Gasteiger charge is -2.28. The number of nitrogens with zero attached hydrogens (tertiary/aromatic N) is 1. The predicted octanol–water partition coefficient (Wildman–Crippen LogP) is 2.00. The highest BCUT2D eigenvalue weighted by molar-refractivity contribution is 5.77. The molecule has 0 radical (unpaired) electrons. The Morgan fingerprint density at radius 1 is 1.36 bits per heavy atom. The van der Waals surface area contributed by atoms with Crippen LogP contribution in [0.25, 0.3) is 0 Å². The van der Waals surface area contributed by atoms with Crippen LogP contribution >= 0.6 is 0 Å². The van der Waals surface area contributed by atoms with Crippen LogP contribution in [-0.2, 0) is 19.1 Å². The summed E-state index contributed by atoms with van der Waals surface area (Å²) < 4.78 is 10.1. The molecule has 0 bridgehead atoms. The number of carbonyl (C=O) groups is 2. The van der Waals surface area contributed by atoms with Crippen molar-refractivity contribution < 1.29 is 19.1 Å². The SMILES string of the molecule is CC=C[C@@H]1C[C@H](C(=O)OCC)N(CC(CCC)CNC(=O)COC)C1. The summed E-state index contributed by atoms with van der Waals surface area (Å²) in [5, 5.41) is 2.93. The Hall–Kier alpha value is -1.40. The van der Waals surface area contributed by atoms with E-state index in [9.17, 15) is 9.59 Å². The number of amides is 1. The molecule has 1 aliphatic heterocycles. The summed E-state index contributed by atoms with van der Waals surface area (Å²) in [7, 11) is 1.51. The van der Waals surface area contributed by atoms with Gasteiger partial charge >= 0.3 is 5.97 Å². The zero-order chi connectivity index (χ0) is 18.7. The number of rotatable bonds is 11. The van der Waals surface area contributed by atoms with Gasteiger partial charge in [-0.2, -0.15) is 0 Å². The summed E-state index contributed by atoms with van der Waals surface area (Å²) in [5.74, 6) is 0.462. The zero-order valence-corrected chi connectivity index (χ0v) is 16.1. The number of methoxy groups -OCH3 is 1. The Morgan fingerprint density at radius 2 is 2.12 bits per heavy atom. The van der Waals surface area contributed by atoms with Gasteiger partial charge in [0.1, 0.15) is 12.6 Å². The molecule has 1 saturated heterocycles. The zero-order valence-electron chi connectivity index (χ0n) is 16.1. The lowest BCUT2D eigenvalue weighted by atomic mass is 10.0. The number of ether oxygens (including phenoxy) is 2. The fourth-order valence-corrected chi connectivity index (χ4v) is 3.47. The molecular formula is C19H34N2O4. The average molecular weight is 354 g/mol. The van der Waals surface area contributed by atoms with E-state index in [1.807, 2.05) is 19.9 Å². The summed E-state index contributed by atoms with van der Waals surface area (Å²) in [6.45, 7) is 8.73. The maximum atomic E-state index is 12.3. The Balaban J connectivity index is 2.69. The van der Waals surface area contributed by atoms with Crippen molar-refractivity contribution in [2.24, 2.45) is 11.8 Å². The second-order valence-corrected chi connectivity index (χ2v) is 6.64. The highest BCUT2D eigenvalue weighted by Crippen LogP contribution is 2.27. The molecule has 0 spiro atoms. The molecule has 144 valence electrons. The Labute approximate surface area is 151 Å². The van der Waals surface area contributed by atoms with Gasteiger partial charge in [0, 0.05) is 26.7 Å². The van der Waals surface area contributed by atoms with Crippen LogP contribution in [0.4, 0.5) is 0 Å². The van der Waals surface area contributed by atoms with E-state index in [-0.39, 0.29) is 24.5 Å². The van der Waals surface area contributed by atoms with Gasteiger partial charge in [0.2, 0.25) is 5.91 Å². The van der Waals surface area contributed by atoms with Gasteiger partial charge in [0.25, 0.3) is 0 Å². The van der Waals surface area contributed by atoms with Crippen LogP contribution in [-0.4, -0.2) is 62.8 Å². The Kier molecular flexibility index (Phi) is 10.4. The van der Waals surface area contributed by atoms with Gasteiger partial charge in [-0.05, 0) is 38.5 Å². The normalized spacial score (nSPS) is 22.2.